The molecule has 1 fully saturated rings. The Morgan fingerprint density at radius 2 is 1.00 bits per heavy atom. The Bertz CT molecular complexity index is 929. The van der Waals surface area contributed by atoms with E-state index in [4.69, 9.17) is 8.37 Å². The second-order valence-corrected chi connectivity index (χ2v) is 12.1. The smallest absolute Gasteiger partial charge is 0.259 e. The first kappa shape index (κ1) is 21.7. The van der Waals surface area contributed by atoms with Crippen molar-refractivity contribution in [1.29, 1.82) is 0 Å². The van der Waals surface area contributed by atoms with Gasteiger partial charge in [0.15, 0.2) is 0 Å². The lowest BCUT2D eigenvalue weighted by Gasteiger charge is -2.29. The highest BCUT2D eigenvalue weighted by Gasteiger charge is 2.36. The number of benzene rings is 2. The van der Waals surface area contributed by atoms with Crippen molar-refractivity contribution in [2.24, 2.45) is 0 Å². The van der Waals surface area contributed by atoms with Gasteiger partial charge in [-0.1, -0.05) is 57.0 Å². The highest BCUT2D eigenvalue weighted by Crippen LogP contribution is 2.35. The standard InChI is InChI=1S/C18H20O6S4/c1-13-3-7-15(8-4-13)27(19,20)23-17-11-25-26-12-18(17)24-28(21,22)16-9-5-14(2)6-10-16/h3-10,17-18H,11-12H2,1-2H3/t17-,18+. The molecule has 152 valence electrons. The summed E-state index contributed by atoms with van der Waals surface area (Å²) in [6.45, 7) is 3.71. The Morgan fingerprint density at radius 1 is 0.679 bits per heavy atom. The molecule has 2 aromatic rings. The van der Waals surface area contributed by atoms with Crippen LogP contribution in [0.25, 0.3) is 0 Å². The largest absolute Gasteiger partial charge is 0.297 e. The van der Waals surface area contributed by atoms with Gasteiger partial charge in [0, 0.05) is 11.5 Å². The number of rotatable bonds is 6. The van der Waals surface area contributed by atoms with Crippen molar-refractivity contribution in [2.75, 3.05) is 11.5 Å². The van der Waals surface area contributed by atoms with Gasteiger partial charge in [-0.3, -0.25) is 8.37 Å². The molecule has 1 saturated heterocycles. The topological polar surface area (TPSA) is 86.7 Å². The van der Waals surface area contributed by atoms with Crippen LogP contribution in [-0.2, 0) is 28.6 Å². The lowest BCUT2D eigenvalue weighted by atomic mass is 10.2. The zero-order valence-electron chi connectivity index (χ0n) is 15.3. The minimum Gasteiger partial charge on any atom is -0.259 e. The normalized spacial score (nSPS) is 20.8. The molecular formula is C18H20O6S4. The molecule has 0 N–H and O–H groups in total. The van der Waals surface area contributed by atoms with Crippen LogP contribution in [0.3, 0.4) is 0 Å². The van der Waals surface area contributed by atoms with Gasteiger partial charge in [0.2, 0.25) is 0 Å². The Kier molecular flexibility index (Phi) is 6.78. The van der Waals surface area contributed by atoms with Gasteiger partial charge in [0.05, 0.1) is 9.79 Å². The molecule has 0 aromatic heterocycles. The Morgan fingerprint density at radius 3 is 1.32 bits per heavy atom. The first-order valence-corrected chi connectivity index (χ1v) is 13.7. The number of aryl methyl sites for hydroxylation is 2. The van der Waals surface area contributed by atoms with Gasteiger partial charge in [-0.15, -0.1) is 0 Å². The van der Waals surface area contributed by atoms with Crippen LogP contribution in [0.1, 0.15) is 11.1 Å². The lowest BCUT2D eigenvalue weighted by molar-refractivity contribution is 0.0926. The monoisotopic (exact) mass is 460 g/mol. The molecule has 0 spiro atoms. The summed E-state index contributed by atoms with van der Waals surface area (Å²) in [4.78, 5) is 0.0583. The minimum atomic E-state index is -4.03. The van der Waals surface area contributed by atoms with E-state index in [0.717, 1.165) is 11.1 Å². The van der Waals surface area contributed by atoms with E-state index in [0.29, 0.717) is 11.5 Å². The van der Waals surface area contributed by atoms with E-state index in [1.165, 1.54) is 45.9 Å². The Balaban J connectivity index is 1.78. The predicted molar refractivity (Wildman–Crippen MR) is 111 cm³/mol. The van der Waals surface area contributed by atoms with E-state index in [2.05, 4.69) is 0 Å². The third kappa shape index (κ3) is 5.31. The summed E-state index contributed by atoms with van der Waals surface area (Å²) in [6.07, 6.45) is -1.81. The van der Waals surface area contributed by atoms with Gasteiger partial charge in [-0.25, -0.2) is 0 Å². The van der Waals surface area contributed by atoms with Gasteiger partial charge >= 0.3 is 0 Å². The molecule has 10 heteroatoms. The van der Waals surface area contributed by atoms with E-state index in [-0.39, 0.29) is 9.79 Å². The molecule has 1 aliphatic heterocycles. The Labute approximate surface area is 173 Å². The zero-order chi connectivity index (χ0) is 20.4. The fourth-order valence-electron chi connectivity index (χ4n) is 2.47. The van der Waals surface area contributed by atoms with Crippen molar-refractivity contribution in [2.45, 2.75) is 35.8 Å². The van der Waals surface area contributed by atoms with Gasteiger partial charge in [-0.2, -0.15) is 16.8 Å². The maximum absolute atomic E-state index is 12.6. The molecule has 2 aromatic carbocycles. The SMILES string of the molecule is Cc1ccc(S(=O)(=O)O[C@H]2CSSC[C@H]2OS(=O)(=O)c2ccc(C)cc2)cc1. The summed E-state index contributed by atoms with van der Waals surface area (Å²) in [5, 5.41) is 0. The van der Waals surface area contributed by atoms with Gasteiger partial charge in [-0.05, 0) is 38.1 Å². The van der Waals surface area contributed by atoms with Crippen molar-refractivity contribution in [3.8, 4) is 0 Å². The average molecular weight is 461 g/mol. The molecule has 1 aliphatic rings. The first-order valence-electron chi connectivity index (χ1n) is 8.42. The fourth-order valence-corrected chi connectivity index (χ4v) is 7.25. The van der Waals surface area contributed by atoms with Crippen LogP contribution in [0.2, 0.25) is 0 Å². The lowest BCUT2D eigenvalue weighted by Crippen LogP contribution is -2.40. The van der Waals surface area contributed by atoms with E-state index in [1.54, 1.807) is 24.3 Å². The summed E-state index contributed by atoms with van der Waals surface area (Å²) in [6, 6.07) is 12.6. The molecule has 2 atom stereocenters. The molecule has 0 aliphatic carbocycles. The van der Waals surface area contributed by atoms with Crippen LogP contribution >= 0.6 is 21.6 Å². The predicted octanol–water partition coefficient (Wildman–Crippen LogP) is 3.55. The molecule has 28 heavy (non-hydrogen) atoms. The minimum absolute atomic E-state index is 0.0291. The van der Waals surface area contributed by atoms with Crippen LogP contribution in [0.5, 0.6) is 0 Å². The van der Waals surface area contributed by atoms with Crippen molar-refractivity contribution < 1.29 is 25.2 Å². The quantitative estimate of drug-likeness (QED) is 0.478. The van der Waals surface area contributed by atoms with Crippen LogP contribution in [0.15, 0.2) is 58.3 Å². The first-order chi connectivity index (χ1) is 13.2. The molecule has 0 bridgehead atoms. The van der Waals surface area contributed by atoms with Crippen LogP contribution in [-0.4, -0.2) is 40.5 Å². The maximum atomic E-state index is 12.6. The van der Waals surface area contributed by atoms with Crippen molar-refractivity contribution in [1.82, 2.24) is 0 Å². The summed E-state index contributed by atoms with van der Waals surface area (Å²) in [7, 11) is -5.22. The highest BCUT2D eigenvalue weighted by atomic mass is 33.1. The van der Waals surface area contributed by atoms with E-state index < -0.39 is 32.4 Å². The summed E-state index contributed by atoms with van der Waals surface area (Å²) in [5.74, 6) is 0.591. The van der Waals surface area contributed by atoms with Gasteiger partial charge in [0.1, 0.15) is 12.2 Å². The second-order valence-electron chi connectivity index (χ2n) is 6.37. The third-order valence-corrected chi connectivity index (χ3v) is 9.20. The van der Waals surface area contributed by atoms with Crippen molar-refractivity contribution in [3.05, 3.63) is 59.7 Å². The molecule has 0 radical (unpaired) electrons. The van der Waals surface area contributed by atoms with Crippen LogP contribution in [0, 0.1) is 13.8 Å². The van der Waals surface area contributed by atoms with Gasteiger partial charge in [0.25, 0.3) is 20.2 Å². The van der Waals surface area contributed by atoms with Crippen molar-refractivity contribution in [3.63, 3.8) is 0 Å². The average Bonchev–Trinajstić information content (AvgIpc) is 2.64. The molecule has 6 nitrogen and oxygen atoms in total. The van der Waals surface area contributed by atoms with Gasteiger partial charge < -0.3 is 0 Å². The molecule has 0 unspecified atom stereocenters. The fraction of sp³-hybridized carbons (Fsp3) is 0.333. The molecular weight excluding hydrogens is 440 g/mol. The molecule has 1 heterocycles. The van der Waals surface area contributed by atoms with E-state index in [1.807, 2.05) is 13.8 Å². The summed E-state index contributed by atoms with van der Waals surface area (Å²) >= 11 is 0. The van der Waals surface area contributed by atoms with Crippen LogP contribution in [0.4, 0.5) is 0 Å². The summed E-state index contributed by atoms with van der Waals surface area (Å²) < 4.78 is 61.1. The van der Waals surface area contributed by atoms with Crippen LogP contribution < -0.4 is 0 Å². The highest BCUT2D eigenvalue weighted by molar-refractivity contribution is 8.76. The summed E-state index contributed by atoms with van der Waals surface area (Å²) in [5.41, 5.74) is 1.85. The Hall–Kier alpha value is -1.04. The maximum Gasteiger partial charge on any atom is 0.297 e. The van der Waals surface area contributed by atoms with E-state index >= 15 is 0 Å². The third-order valence-electron chi connectivity index (χ3n) is 4.08. The molecule has 3 rings (SSSR count). The van der Waals surface area contributed by atoms with E-state index in [9.17, 15) is 16.8 Å². The number of hydrogen-bond acceptors (Lipinski definition) is 8. The molecule has 0 amide bonds. The van der Waals surface area contributed by atoms with Crippen molar-refractivity contribution >= 4 is 41.8 Å². The molecule has 0 saturated carbocycles. The second kappa shape index (κ2) is 8.76. The number of hydrogen-bond donors (Lipinski definition) is 0. The zero-order valence-corrected chi connectivity index (χ0v) is 18.5.